The van der Waals surface area contributed by atoms with Crippen LogP contribution < -0.4 is 0 Å². The molecule has 0 amide bonds. The maximum atomic E-state index is 12.5. The number of hydrogen-bond donors (Lipinski definition) is 0. The number of rotatable bonds is 3. The topological polar surface area (TPSA) is 57.9 Å². The van der Waals surface area contributed by atoms with Crippen LogP contribution in [0.3, 0.4) is 0 Å². The summed E-state index contributed by atoms with van der Waals surface area (Å²) in [7, 11) is -3.43. The molecule has 0 spiro atoms. The Bertz CT molecular complexity index is 730. The van der Waals surface area contributed by atoms with E-state index < -0.39 is 20.5 Å². The third-order valence-electron chi connectivity index (χ3n) is 3.50. The number of nitrogens with zero attached hydrogens (tertiary/aromatic N) is 1. The van der Waals surface area contributed by atoms with Gasteiger partial charge in [0, 0.05) is 4.88 Å². The third-order valence-corrected chi connectivity index (χ3v) is 6.80. The van der Waals surface area contributed by atoms with Crippen LogP contribution in [0.2, 0.25) is 0 Å². The van der Waals surface area contributed by atoms with E-state index in [1.807, 2.05) is 17.5 Å². The number of hydrogen-bond acceptors (Lipinski definition) is 4. The van der Waals surface area contributed by atoms with Gasteiger partial charge in [-0.25, -0.2) is 8.42 Å². The summed E-state index contributed by atoms with van der Waals surface area (Å²) < 4.78 is 25.0. The minimum absolute atomic E-state index is 0.300. The zero-order valence-corrected chi connectivity index (χ0v) is 11.6. The predicted octanol–water partition coefficient (Wildman–Crippen LogP) is 2.76. The van der Waals surface area contributed by atoms with Crippen molar-refractivity contribution in [1.29, 1.82) is 5.26 Å². The molecule has 1 aliphatic carbocycles. The van der Waals surface area contributed by atoms with Crippen molar-refractivity contribution in [1.82, 2.24) is 0 Å². The van der Waals surface area contributed by atoms with E-state index in [2.05, 4.69) is 6.07 Å². The van der Waals surface area contributed by atoms with Gasteiger partial charge >= 0.3 is 0 Å². The van der Waals surface area contributed by atoms with Gasteiger partial charge in [-0.1, -0.05) is 24.3 Å². The fraction of sp³-hybridized carbons (Fsp3) is 0.214. The van der Waals surface area contributed by atoms with Gasteiger partial charge in [0.05, 0.1) is 16.2 Å². The molecule has 2 atom stereocenters. The molecule has 0 radical (unpaired) electrons. The molecule has 5 heteroatoms. The van der Waals surface area contributed by atoms with Gasteiger partial charge in [0.1, 0.15) is 5.41 Å². The molecule has 19 heavy (non-hydrogen) atoms. The molecule has 3 rings (SSSR count). The van der Waals surface area contributed by atoms with Crippen molar-refractivity contribution in [2.45, 2.75) is 22.0 Å². The Kier molecular flexibility index (Phi) is 2.73. The molecule has 2 aromatic rings. The Balaban J connectivity index is 2.01. The lowest BCUT2D eigenvalue weighted by Crippen LogP contribution is -2.17. The fourth-order valence-electron chi connectivity index (χ4n) is 2.35. The lowest BCUT2D eigenvalue weighted by molar-refractivity contribution is 0.592. The summed E-state index contributed by atoms with van der Waals surface area (Å²) in [5, 5.41) is 10.7. The number of nitriles is 1. The molecule has 3 nitrogen and oxygen atoms in total. The zero-order valence-electron chi connectivity index (χ0n) is 9.98. The Morgan fingerprint density at radius 1 is 1.21 bits per heavy atom. The predicted molar refractivity (Wildman–Crippen MR) is 73.6 cm³/mol. The van der Waals surface area contributed by atoms with E-state index in [9.17, 15) is 13.7 Å². The first-order chi connectivity index (χ1) is 9.11. The second kappa shape index (κ2) is 4.19. The van der Waals surface area contributed by atoms with Crippen LogP contribution in [0.25, 0.3) is 0 Å². The summed E-state index contributed by atoms with van der Waals surface area (Å²) >= 11 is 1.45. The summed E-state index contributed by atoms with van der Waals surface area (Å²) in [5.74, 6) is 0. The molecule has 1 aromatic carbocycles. The van der Waals surface area contributed by atoms with E-state index >= 15 is 0 Å². The standard InChI is InChI=1S/C14H11NO2S2/c15-10-14(12-7-4-8-18-12)9-13(14)19(16,17)11-5-2-1-3-6-11/h1-8,13H,9H2. The molecule has 96 valence electrons. The molecule has 0 aliphatic heterocycles. The highest BCUT2D eigenvalue weighted by atomic mass is 32.2. The highest BCUT2D eigenvalue weighted by Crippen LogP contribution is 2.55. The second-order valence-corrected chi connectivity index (χ2v) is 7.69. The number of thiophene rings is 1. The average molecular weight is 289 g/mol. The molecule has 2 unspecified atom stereocenters. The van der Waals surface area contributed by atoms with Gasteiger partial charge in [-0.05, 0) is 30.0 Å². The van der Waals surface area contributed by atoms with Crippen LogP contribution in [0.1, 0.15) is 11.3 Å². The van der Waals surface area contributed by atoms with Crippen molar-refractivity contribution < 1.29 is 8.42 Å². The van der Waals surface area contributed by atoms with Crippen molar-refractivity contribution in [3.8, 4) is 6.07 Å². The van der Waals surface area contributed by atoms with Crippen molar-refractivity contribution in [3.05, 3.63) is 52.7 Å². The van der Waals surface area contributed by atoms with Crippen LogP contribution in [-0.4, -0.2) is 13.7 Å². The van der Waals surface area contributed by atoms with Crippen LogP contribution >= 0.6 is 11.3 Å². The molecule has 0 saturated heterocycles. The zero-order chi connectivity index (χ0) is 13.5. The van der Waals surface area contributed by atoms with Crippen LogP contribution in [0.15, 0.2) is 52.7 Å². The van der Waals surface area contributed by atoms with Crippen LogP contribution in [0, 0.1) is 11.3 Å². The average Bonchev–Trinajstić information content (AvgIpc) is 2.96. The van der Waals surface area contributed by atoms with Gasteiger partial charge in [-0.3, -0.25) is 0 Å². The maximum Gasteiger partial charge on any atom is 0.183 e. The molecule has 1 aromatic heterocycles. The normalized spacial score (nSPS) is 25.7. The highest BCUT2D eigenvalue weighted by molar-refractivity contribution is 7.92. The van der Waals surface area contributed by atoms with Crippen LogP contribution in [-0.2, 0) is 15.3 Å². The van der Waals surface area contributed by atoms with Gasteiger partial charge in [0.2, 0.25) is 0 Å². The lowest BCUT2D eigenvalue weighted by atomic mass is 10.1. The minimum atomic E-state index is -3.43. The number of sulfone groups is 1. The highest BCUT2D eigenvalue weighted by Gasteiger charge is 2.64. The second-order valence-electron chi connectivity index (χ2n) is 4.61. The first-order valence-electron chi connectivity index (χ1n) is 5.85. The summed E-state index contributed by atoms with van der Waals surface area (Å²) in [6.45, 7) is 0. The fourth-order valence-corrected chi connectivity index (χ4v) is 5.42. The Morgan fingerprint density at radius 2 is 1.95 bits per heavy atom. The smallest absolute Gasteiger partial charge is 0.183 e. The van der Waals surface area contributed by atoms with Crippen molar-refractivity contribution in [3.63, 3.8) is 0 Å². The van der Waals surface area contributed by atoms with E-state index in [0.29, 0.717) is 11.3 Å². The van der Waals surface area contributed by atoms with Gasteiger partial charge in [0.15, 0.2) is 9.84 Å². The molecule has 1 fully saturated rings. The summed E-state index contributed by atoms with van der Waals surface area (Å²) in [4.78, 5) is 1.15. The van der Waals surface area contributed by atoms with E-state index in [4.69, 9.17) is 0 Å². The van der Waals surface area contributed by atoms with E-state index in [1.54, 1.807) is 30.3 Å². The first kappa shape index (κ1) is 12.4. The van der Waals surface area contributed by atoms with Gasteiger partial charge in [-0.2, -0.15) is 5.26 Å². The lowest BCUT2D eigenvalue weighted by Gasteiger charge is -2.07. The van der Waals surface area contributed by atoms with E-state index in [1.165, 1.54) is 11.3 Å². The van der Waals surface area contributed by atoms with E-state index in [-0.39, 0.29) is 0 Å². The van der Waals surface area contributed by atoms with Gasteiger partial charge in [0.25, 0.3) is 0 Å². The van der Waals surface area contributed by atoms with Crippen LogP contribution in [0.5, 0.6) is 0 Å². The largest absolute Gasteiger partial charge is 0.223 e. The molecular formula is C14H11NO2S2. The quantitative estimate of drug-likeness (QED) is 0.873. The van der Waals surface area contributed by atoms with Crippen LogP contribution in [0.4, 0.5) is 0 Å². The molecule has 1 heterocycles. The number of benzene rings is 1. The van der Waals surface area contributed by atoms with E-state index in [0.717, 1.165) is 4.88 Å². The Labute approximate surface area is 116 Å². The summed E-state index contributed by atoms with van der Waals surface area (Å²) in [6.07, 6.45) is 0.390. The molecule has 1 aliphatic rings. The van der Waals surface area contributed by atoms with Crippen molar-refractivity contribution >= 4 is 21.2 Å². The first-order valence-corrected chi connectivity index (χ1v) is 8.28. The van der Waals surface area contributed by atoms with Gasteiger partial charge in [-0.15, -0.1) is 11.3 Å². The Hall–Kier alpha value is -1.64. The molecule has 0 bridgehead atoms. The SMILES string of the molecule is N#CC1(c2cccs2)CC1S(=O)(=O)c1ccccc1. The third kappa shape index (κ3) is 1.79. The molecule has 0 N–H and O–H groups in total. The minimum Gasteiger partial charge on any atom is -0.223 e. The Morgan fingerprint density at radius 3 is 2.53 bits per heavy atom. The summed E-state index contributed by atoms with van der Waals surface area (Å²) in [6, 6.07) is 14.3. The van der Waals surface area contributed by atoms with Crippen molar-refractivity contribution in [2.75, 3.05) is 0 Å². The summed E-state index contributed by atoms with van der Waals surface area (Å²) in [5.41, 5.74) is -0.844. The molecule has 1 saturated carbocycles. The van der Waals surface area contributed by atoms with Gasteiger partial charge < -0.3 is 0 Å². The monoisotopic (exact) mass is 289 g/mol. The molecular weight excluding hydrogens is 278 g/mol. The van der Waals surface area contributed by atoms with Crippen molar-refractivity contribution in [2.24, 2.45) is 0 Å². The maximum absolute atomic E-state index is 12.5.